The Morgan fingerprint density at radius 3 is 2.79 bits per heavy atom. The van der Waals surface area contributed by atoms with Gasteiger partial charge in [0.2, 0.25) is 11.1 Å². The second-order valence-corrected chi connectivity index (χ2v) is 7.62. The second-order valence-electron chi connectivity index (χ2n) is 5.91. The maximum atomic E-state index is 12.3. The first-order valence-electron chi connectivity index (χ1n) is 7.98. The summed E-state index contributed by atoms with van der Waals surface area (Å²) >= 11 is 7.48. The average molecular weight is 366 g/mol. The number of nitrogens with two attached hydrogens (primary N) is 1. The third-order valence-electron chi connectivity index (χ3n) is 4.13. The lowest BCUT2D eigenvalue weighted by Gasteiger charge is -2.15. The van der Waals surface area contributed by atoms with E-state index in [2.05, 4.69) is 15.5 Å². The summed E-state index contributed by atoms with van der Waals surface area (Å²) in [5, 5.41) is 12.0. The van der Waals surface area contributed by atoms with E-state index < -0.39 is 0 Å². The molecule has 2 aromatic rings. The van der Waals surface area contributed by atoms with Gasteiger partial charge >= 0.3 is 0 Å². The van der Waals surface area contributed by atoms with E-state index in [4.69, 9.17) is 17.4 Å². The predicted octanol–water partition coefficient (Wildman–Crippen LogP) is 2.85. The van der Waals surface area contributed by atoms with Gasteiger partial charge in [0, 0.05) is 11.6 Å². The number of halogens is 1. The number of carbonyl (C=O) groups excluding carboxylic acids is 1. The van der Waals surface area contributed by atoms with Gasteiger partial charge in [0.1, 0.15) is 0 Å². The molecule has 0 bridgehead atoms. The summed E-state index contributed by atoms with van der Waals surface area (Å²) in [4.78, 5) is 12.3. The molecule has 1 aromatic heterocycles. The van der Waals surface area contributed by atoms with Gasteiger partial charge in [0.25, 0.3) is 0 Å². The van der Waals surface area contributed by atoms with Gasteiger partial charge in [-0.3, -0.25) is 4.79 Å². The number of carbonyl (C=O) groups is 1. The molecule has 1 atom stereocenters. The molecule has 1 fully saturated rings. The Labute approximate surface area is 150 Å². The van der Waals surface area contributed by atoms with Crippen molar-refractivity contribution in [3.63, 3.8) is 0 Å². The lowest BCUT2D eigenvalue weighted by Crippen LogP contribution is -2.37. The Morgan fingerprint density at radius 2 is 2.08 bits per heavy atom. The van der Waals surface area contributed by atoms with Crippen molar-refractivity contribution in [2.24, 2.45) is 0 Å². The average Bonchev–Trinajstić information content (AvgIpc) is 3.19. The zero-order chi connectivity index (χ0) is 17.1. The minimum Gasteiger partial charge on any atom is -0.352 e. The highest BCUT2D eigenvalue weighted by Crippen LogP contribution is 2.29. The van der Waals surface area contributed by atoms with Crippen molar-refractivity contribution in [2.75, 3.05) is 5.84 Å². The van der Waals surface area contributed by atoms with Crippen LogP contribution in [0.15, 0.2) is 29.4 Å². The number of nitrogen functional groups attached to an aromatic ring is 1. The molecule has 1 heterocycles. The van der Waals surface area contributed by atoms with Crippen molar-refractivity contribution in [1.82, 2.24) is 20.2 Å². The smallest absolute Gasteiger partial charge is 0.233 e. The van der Waals surface area contributed by atoms with Gasteiger partial charge in [-0.2, -0.15) is 0 Å². The molecule has 0 aliphatic heterocycles. The number of thioether (sulfide) groups is 1. The fourth-order valence-electron chi connectivity index (χ4n) is 2.78. The largest absolute Gasteiger partial charge is 0.352 e. The zero-order valence-electron chi connectivity index (χ0n) is 13.4. The summed E-state index contributed by atoms with van der Waals surface area (Å²) in [5.41, 5.74) is 0.712. The SMILES string of the molecule is CC(Sc1nnc(-c2ccccc2Cl)n1N)C(=O)NC1CCCC1. The number of hydrogen-bond donors (Lipinski definition) is 2. The van der Waals surface area contributed by atoms with Crippen LogP contribution < -0.4 is 11.2 Å². The van der Waals surface area contributed by atoms with E-state index in [0.29, 0.717) is 27.6 Å². The van der Waals surface area contributed by atoms with Crippen molar-refractivity contribution >= 4 is 29.3 Å². The first-order valence-corrected chi connectivity index (χ1v) is 9.24. The Balaban J connectivity index is 1.69. The van der Waals surface area contributed by atoms with Crippen LogP contribution in [-0.4, -0.2) is 32.1 Å². The normalized spacial score (nSPS) is 16.2. The van der Waals surface area contributed by atoms with E-state index in [1.807, 2.05) is 25.1 Å². The van der Waals surface area contributed by atoms with Crippen LogP contribution in [0.5, 0.6) is 0 Å². The van der Waals surface area contributed by atoms with Crippen molar-refractivity contribution in [2.45, 2.75) is 49.1 Å². The second kappa shape index (κ2) is 7.44. The summed E-state index contributed by atoms with van der Waals surface area (Å²) in [7, 11) is 0. The Morgan fingerprint density at radius 1 is 1.38 bits per heavy atom. The fourth-order valence-corrected chi connectivity index (χ4v) is 3.78. The Hall–Kier alpha value is -1.73. The summed E-state index contributed by atoms with van der Waals surface area (Å²) in [5.74, 6) is 6.58. The molecule has 0 spiro atoms. The summed E-state index contributed by atoms with van der Waals surface area (Å²) in [6.45, 7) is 1.85. The van der Waals surface area contributed by atoms with Gasteiger partial charge in [0.05, 0.1) is 10.3 Å². The first-order chi connectivity index (χ1) is 11.6. The van der Waals surface area contributed by atoms with Gasteiger partial charge in [-0.1, -0.05) is 48.3 Å². The molecule has 128 valence electrons. The van der Waals surface area contributed by atoms with Crippen LogP contribution in [0.3, 0.4) is 0 Å². The molecule has 3 N–H and O–H groups in total. The fraction of sp³-hybridized carbons (Fsp3) is 0.438. The molecule has 3 rings (SSSR count). The van der Waals surface area contributed by atoms with Crippen molar-refractivity contribution in [1.29, 1.82) is 0 Å². The topological polar surface area (TPSA) is 85.8 Å². The Bertz CT molecular complexity index is 729. The minimum absolute atomic E-state index is 0.00851. The molecule has 0 radical (unpaired) electrons. The maximum absolute atomic E-state index is 12.3. The standard InChI is InChI=1S/C16H20ClN5OS/c1-10(15(23)19-11-6-2-3-7-11)24-16-21-20-14(22(16)18)12-8-4-5-9-13(12)17/h4-5,8-11H,2-3,6-7,18H2,1H3,(H,19,23). The summed E-state index contributed by atoms with van der Waals surface area (Å²) in [6.07, 6.45) is 4.50. The number of benzene rings is 1. The lowest BCUT2D eigenvalue weighted by molar-refractivity contribution is -0.120. The first kappa shape index (κ1) is 17.1. The quantitative estimate of drug-likeness (QED) is 0.628. The molecule has 6 nitrogen and oxygen atoms in total. The minimum atomic E-state index is -0.295. The number of rotatable bonds is 5. The van der Waals surface area contributed by atoms with Crippen LogP contribution in [0.2, 0.25) is 5.02 Å². The van der Waals surface area contributed by atoms with E-state index in [-0.39, 0.29) is 11.2 Å². The molecule has 24 heavy (non-hydrogen) atoms. The monoisotopic (exact) mass is 365 g/mol. The van der Waals surface area contributed by atoms with E-state index in [1.165, 1.54) is 29.3 Å². The van der Waals surface area contributed by atoms with Gasteiger partial charge in [0.15, 0.2) is 5.82 Å². The summed E-state index contributed by atoms with van der Waals surface area (Å²) in [6, 6.07) is 7.61. The number of nitrogens with one attached hydrogen (secondary N) is 1. The van der Waals surface area contributed by atoms with E-state index in [0.717, 1.165) is 12.8 Å². The van der Waals surface area contributed by atoms with E-state index in [9.17, 15) is 4.79 Å². The predicted molar refractivity (Wildman–Crippen MR) is 96.3 cm³/mol. The number of amides is 1. The summed E-state index contributed by atoms with van der Waals surface area (Å²) < 4.78 is 1.38. The molecule has 1 amide bonds. The van der Waals surface area contributed by atoms with Crippen molar-refractivity contribution in [3.05, 3.63) is 29.3 Å². The number of hydrogen-bond acceptors (Lipinski definition) is 5. The highest BCUT2D eigenvalue weighted by atomic mass is 35.5. The molecule has 1 aliphatic rings. The van der Waals surface area contributed by atoms with Crippen LogP contribution in [-0.2, 0) is 4.79 Å². The van der Waals surface area contributed by atoms with E-state index in [1.54, 1.807) is 6.07 Å². The van der Waals surface area contributed by atoms with Gasteiger partial charge in [-0.05, 0) is 31.9 Å². The van der Waals surface area contributed by atoms with Crippen LogP contribution in [0, 0.1) is 0 Å². The molecule has 1 aromatic carbocycles. The molecular weight excluding hydrogens is 346 g/mol. The highest BCUT2D eigenvalue weighted by Gasteiger charge is 2.24. The van der Waals surface area contributed by atoms with Crippen molar-refractivity contribution < 1.29 is 4.79 Å². The molecule has 8 heteroatoms. The third kappa shape index (κ3) is 3.67. The maximum Gasteiger partial charge on any atom is 0.233 e. The van der Waals surface area contributed by atoms with Crippen LogP contribution >= 0.6 is 23.4 Å². The third-order valence-corrected chi connectivity index (χ3v) is 5.52. The van der Waals surface area contributed by atoms with Gasteiger partial charge < -0.3 is 11.2 Å². The van der Waals surface area contributed by atoms with Gasteiger partial charge in [-0.15, -0.1) is 10.2 Å². The van der Waals surface area contributed by atoms with Crippen molar-refractivity contribution in [3.8, 4) is 11.4 Å². The van der Waals surface area contributed by atoms with Gasteiger partial charge in [-0.25, -0.2) is 4.68 Å². The zero-order valence-corrected chi connectivity index (χ0v) is 15.0. The Kier molecular flexibility index (Phi) is 5.30. The molecular formula is C16H20ClN5OS. The number of aromatic nitrogens is 3. The molecule has 1 aliphatic carbocycles. The van der Waals surface area contributed by atoms with Crippen LogP contribution in [0.25, 0.3) is 11.4 Å². The molecule has 1 unspecified atom stereocenters. The highest BCUT2D eigenvalue weighted by molar-refractivity contribution is 8.00. The molecule has 1 saturated carbocycles. The van der Waals surface area contributed by atoms with Crippen LogP contribution in [0.1, 0.15) is 32.6 Å². The molecule has 0 saturated heterocycles. The van der Waals surface area contributed by atoms with Crippen LogP contribution in [0.4, 0.5) is 0 Å². The van der Waals surface area contributed by atoms with E-state index >= 15 is 0 Å². The number of nitrogens with zero attached hydrogens (tertiary/aromatic N) is 3. The lowest BCUT2D eigenvalue weighted by atomic mass is 10.2.